The van der Waals surface area contributed by atoms with Gasteiger partial charge in [0.1, 0.15) is 11.8 Å². The topological polar surface area (TPSA) is 45.5 Å². The van der Waals surface area contributed by atoms with Gasteiger partial charge >= 0.3 is 0 Å². The summed E-state index contributed by atoms with van der Waals surface area (Å²) in [6, 6.07) is 19.9. The van der Waals surface area contributed by atoms with E-state index in [1.54, 1.807) is 6.26 Å². The molecule has 132 valence electrons. The lowest BCUT2D eigenvalue weighted by Gasteiger charge is -2.29. The van der Waals surface area contributed by atoms with Crippen molar-refractivity contribution in [3.63, 3.8) is 0 Å². The summed E-state index contributed by atoms with van der Waals surface area (Å²) in [4.78, 5) is 14.9. The number of hydrogen-bond donors (Lipinski definition) is 1. The molecule has 0 spiro atoms. The van der Waals surface area contributed by atoms with Gasteiger partial charge in [0, 0.05) is 24.3 Å². The van der Waals surface area contributed by atoms with Crippen LogP contribution in [0.15, 0.2) is 71.3 Å². The molecule has 3 aromatic rings. The van der Waals surface area contributed by atoms with Gasteiger partial charge in [-0.05, 0) is 49.2 Å². The second-order valence-corrected chi connectivity index (χ2v) is 6.68. The minimum absolute atomic E-state index is 0.0250. The number of amides is 1. The summed E-state index contributed by atoms with van der Waals surface area (Å²) in [6.45, 7) is 3.43. The third kappa shape index (κ3) is 3.23. The molecule has 4 heteroatoms. The molecule has 0 aliphatic carbocycles. The molecule has 1 amide bonds. The highest BCUT2D eigenvalue weighted by Gasteiger charge is 2.29. The zero-order valence-electron chi connectivity index (χ0n) is 14.8. The van der Waals surface area contributed by atoms with Crippen LogP contribution in [0.4, 0.5) is 5.69 Å². The Bertz CT molecular complexity index is 885. The maximum atomic E-state index is 12.5. The highest BCUT2D eigenvalue weighted by atomic mass is 16.3. The minimum atomic E-state index is -0.0611. The van der Waals surface area contributed by atoms with Gasteiger partial charge in [0.15, 0.2) is 0 Å². The van der Waals surface area contributed by atoms with E-state index in [0.717, 1.165) is 24.3 Å². The predicted octanol–water partition coefficient (Wildman–Crippen LogP) is 4.12. The number of para-hydroxylation sites is 1. The first kappa shape index (κ1) is 16.5. The number of carbonyl (C=O) groups is 1. The molecular formula is C22H22N2O2. The average molecular weight is 346 g/mol. The van der Waals surface area contributed by atoms with Gasteiger partial charge in [0.2, 0.25) is 0 Å². The molecule has 4 rings (SSSR count). The molecule has 1 N–H and O–H groups in total. The second-order valence-electron chi connectivity index (χ2n) is 6.68. The fourth-order valence-electron chi connectivity index (χ4n) is 3.53. The molecule has 2 aromatic carbocycles. The molecule has 2 heterocycles. The second kappa shape index (κ2) is 7.08. The third-order valence-corrected chi connectivity index (χ3v) is 4.94. The number of carbonyl (C=O) groups excluding carboxylic acids is 1. The fourth-order valence-corrected chi connectivity index (χ4v) is 3.53. The smallest absolute Gasteiger partial charge is 0.251 e. The number of nitrogens with one attached hydrogen (secondary N) is 1. The Labute approximate surface area is 153 Å². The van der Waals surface area contributed by atoms with Crippen LogP contribution in [0, 0.1) is 6.92 Å². The normalized spacial score (nSPS) is 14.1. The fraction of sp³-hybridized carbons (Fsp3) is 0.227. The van der Waals surface area contributed by atoms with Crippen molar-refractivity contribution in [3.05, 3.63) is 89.4 Å². The van der Waals surface area contributed by atoms with Gasteiger partial charge in [-0.25, -0.2) is 0 Å². The zero-order valence-corrected chi connectivity index (χ0v) is 14.8. The molecule has 0 unspecified atom stereocenters. The predicted molar refractivity (Wildman–Crippen MR) is 102 cm³/mol. The molecule has 1 aliphatic heterocycles. The molecule has 1 atom stereocenters. The lowest BCUT2D eigenvalue weighted by atomic mass is 10.1. The van der Waals surface area contributed by atoms with E-state index in [4.69, 9.17) is 4.42 Å². The zero-order chi connectivity index (χ0) is 17.9. The highest BCUT2D eigenvalue weighted by molar-refractivity contribution is 5.94. The molecule has 0 fully saturated rings. The first-order valence-corrected chi connectivity index (χ1v) is 8.95. The Morgan fingerprint density at radius 1 is 1.12 bits per heavy atom. The molecule has 1 aliphatic rings. The van der Waals surface area contributed by atoms with Gasteiger partial charge in [-0.15, -0.1) is 0 Å². The van der Waals surface area contributed by atoms with Crippen molar-refractivity contribution in [2.45, 2.75) is 19.4 Å². The number of anilines is 1. The van der Waals surface area contributed by atoms with E-state index >= 15 is 0 Å². The summed E-state index contributed by atoms with van der Waals surface area (Å²) < 4.78 is 5.68. The van der Waals surface area contributed by atoms with Crippen LogP contribution in [0.25, 0.3) is 0 Å². The minimum Gasteiger partial charge on any atom is -0.467 e. The third-order valence-electron chi connectivity index (χ3n) is 4.94. The first-order valence-electron chi connectivity index (χ1n) is 8.95. The van der Waals surface area contributed by atoms with Crippen LogP contribution in [-0.4, -0.2) is 19.0 Å². The van der Waals surface area contributed by atoms with Gasteiger partial charge in [-0.3, -0.25) is 4.79 Å². The van der Waals surface area contributed by atoms with Crippen LogP contribution in [0.1, 0.15) is 33.3 Å². The van der Waals surface area contributed by atoms with Crippen molar-refractivity contribution in [2.24, 2.45) is 0 Å². The summed E-state index contributed by atoms with van der Waals surface area (Å²) in [7, 11) is 0. The van der Waals surface area contributed by atoms with Crippen molar-refractivity contribution >= 4 is 11.6 Å². The van der Waals surface area contributed by atoms with Crippen LogP contribution >= 0.6 is 0 Å². The summed E-state index contributed by atoms with van der Waals surface area (Å²) in [5.41, 5.74) is 4.38. The van der Waals surface area contributed by atoms with Gasteiger partial charge in [-0.1, -0.05) is 35.9 Å². The average Bonchev–Trinajstić information content (AvgIpc) is 3.33. The standard InChI is InChI=1S/C22H22N2O2/c1-16-8-10-18(11-9-16)22(25)23-15-20(21-7-4-14-26-21)24-13-12-17-5-2-3-6-19(17)24/h2-11,14,20H,12-13,15H2,1H3,(H,23,25)/t20-/m1/s1. The Balaban J connectivity index is 1.54. The largest absolute Gasteiger partial charge is 0.467 e. The van der Waals surface area contributed by atoms with Crippen LogP contribution < -0.4 is 10.2 Å². The molecular weight excluding hydrogens is 324 g/mol. The number of furan rings is 1. The van der Waals surface area contributed by atoms with Crippen LogP contribution in [0.3, 0.4) is 0 Å². The number of rotatable bonds is 5. The van der Waals surface area contributed by atoms with Crippen molar-refractivity contribution in [1.82, 2.24) is 5.32 Å². The van der Waals surface area contributed by atoms with E-state index in [1.807, 2.05) is 43.3 Å². The Morgan fingerprint density at radius 2 is 1.92 bits per heavy atom. The Morgan fingerprint density at radius 3 is 2.69 bits per heavy atom. The van der Waals surface area contributed by atoms with E-state index in [0.29, 0.717) is 12.1 Å². The van der Waals surface area contributed by atoms with Crippen molar-refractivity contribution in [1.29, 1.82) is 0 Å². The van der Waals surface area contributed by atoms with E-state index in [9.17, 15) is 4.79 Å². The number of benzene rings is 2. The quantitative estimate of drug-likeness (QED) is 0.756. The van der Waals surface area contributed by atoms with E-state index in [1.165, 1.54) is 11.3 Å². The molecule has 0 radical (unpaired) electrons. The van der Waals surface area contributed by atoms with Gasteiger partial charge < -0.3 is 14.6 Å². The Hall–Kier alpha value is -3.01. The van der Waals surface area contributed by atoms with Gasteiger partial charge in [-0.2, -0.15) is 0 Å². The van der Waals surface area contributed by atoms with Crippen LogP contribution in [-0.2, 0) is 6.42 Å². The molecule has 1 aromatic heterocycles. The molecule has 26 heavy (non-hydrogen) atoms. The van der Waals surface area contributed by atoms with E-state index < -0.39 is 0 Å². The molecule has 0 saturated carbocycles. The summed E-state index contributed by atoms with van der Waals surface area (Å²) in [6.07, 6.45) is 2.70. The molecule has 0 bridgehead atoms. The van der Waals surface area contributed by atoms with E-state index in [2.05, 4.69) is 34.5 Å². The summed E-state index contributed by atoms with van der Waals surface area (Å²) in [5, 5.41) is 3.07. The SMILES string of the molecule is Cc1ccc(C(=O)NC[C@H](c2ccco2)N2CCc3ccccc32)cc1. The van der Waals surface area contributed by atoms with Crippen LogP contribution in [0.5, 0.6) is 0 Å². The Kier molecular flexibility index (Phi) is 4.48. The number of hydrogen-bond acceptors (Lipinski definition) is 3. The highest BCUT2D eigenvalue weighted by Crippen LogP contribution is 2.34. The summed E-state index contributed by atoms with van der Waals surface area (Å²) >= 11 is 0. The lowest BCUT2D eigenvalue weighted by Crippen LogP contribution is -2.37. The maximum absolute atomic E-state index is 12.5. The summed E-state index contributed by atoms with van der Waals surface area (Å²) in [5.74, 6) is 0.806. The van der Waals surface area contributed by atoms with Crippen molar-refractivity contribution < 1.29 is 9.21 Å². The molecule has 0 saturated heterocycles. The van der Waals surface area contributed by atoms with Crippen LogP contribution in [0.2, 0.25) is 0 Å². The van der Waals surface area contributed by atoms with Gasteiger partial charge in [0.05, 0.1) is 6.26 Å². The van der Waals surface area contributed by atoms with E-state index in [-0.39, 0.29) is 11.9 Å². The van der Waals surface area contributed by atoms with Gasteiger partial charge in [0.25, 0.3) is 5.91 Å². The maximum Gasteiger partial charge on any atom is 0.251 e. The van der Waals surface area contributed by atoms with Crippen molar-refractivity contribution in [3.8, 4) is 0 Å². The monoisotopic (exact) mass is 346 g/mol. The van der Waals surface area contributed by atoms with Crippen molar-refractivity contribution in [2.75, 3.05) is 18.0 Å². The lowest BCUT2D eigenvalue weighted by molar-refractivity contribution is 0.0950. The number of aryl methyl sites for hydroxylation is 1. The first-order chi connectivity index (χ1) is 12.7. The number of nitrogens with zero attached hydrogens (tertiary/aromatic N) is 1. The molecule has 4 nitrogen and oxygen atoms in total. The number of fused-ring (bicyclic) bond motifs is 1.